The SMILES string of the molecule is O=C(COc1ccc([N+](=O)[O-])cc1)NN=Cc1ccccc1Br. The summed E-state index contributed by atoms with van der Waals surface area (Å²) in [5.41, 5.74) is 3.12. The summed E-state index contributed by atoms with van der Waals surface area (Å²) >= 11 is 3.36. The summed E-state index contributed by atoms with van der Waals surface area (Å²) in [4.78, 5) is 21.6. The molecule has 0 fully saturated rings. The monoisotopic (exact) mass is 377 g/mol. The van der Waals surface area contributed by atoms with E-state index in [0.29, 0.717) is 5.75 Å². The molecule has 1 N–H and O–H groups in total. The van der Waals surface area contributed by atoms with Crippen LogP contribution in [0, 0.1) is 10.1 Å². The molecule has 0 unspecified atom stereocenters. The van der Waals surface area contributed by atoms with E-state index >= 15 is 0 Å². The molecule has 7 nitrogen and oxygen atoms in total. The smallest absolute Gasteiger partial charge is 0.277 e. The number of ether oxygens (including phenoxy) is 1. The number of non-ortho nitro benzene ring substituents is 1. The predicted octanol–water partition coefficient (Wildman–Crippen LogP) is 2.89. The van der Waals surface area contributed by atoms with Crippen molar-refractivity contribution < 1.29 is 14.5 Å². The van der Waals surface area contributed by atoms with Crippen LogP contribution in [0.4, 0.5) is 5.69 Å². The van der Waals surface area contributed by atoms with Crippen LogP contribution in [-0.2, 0) is 4.79 Å². The van der Waals surface area contributed by atoms with Crippen LogP contribution in [0.1, 0.15) is 5.56 Å². The number of carbonyl (C=O) groups is 1. The third-order valence-corrected chi connectivity index (χ3v) is 3.44. The molecule has 1 amide bonds. The van der Waals surface area contributed by atoms with E-state index in [2.05, 4.69) is 26.5 Å². The normalized spacial score (nSPS) is 10.5. The third kappa shape index (κ3) is 5.19. The van der Waals surface area contributed by atoms with Crippen molar-refractivity contribution in [3.63, 3.8) is 0 Å². The second kappa shape index (κ2) is 8.04. The number of nitrogens with zero attached hydrogens (tertiary/aromatic N) is 2. The van der Waals surface area contributed by atoms with Gasteiger partial charge in [0, 0.05) is 22.2 Å². The van der Waals surface area contributed by atoms with E-state index in [1.54, 1.807) is 0 Å². The maximum atomic E-state index is 11.6. The first kappa shape index (κ1) is 16.6. The van der Waals surface area contributed by atoms with Crippen molar-refractivity contribution in [3.05, 3.63) is 68.7 Å². The second-order valence-electron chi connectivity index (χ2n) is 4.35. The highest BCUT2D eigenvalue weighted by Crippen LogP contribution is 2.17. The average molecular weight is 378 g/mol. The maximum absolute atomic E-state index is 11.6. The molecule has 2 rings (SSSR count). The van der Waals surface area contributed by atoms with E-state index in [1.807, 2.05) is 24.3 Å². The number of rotatable bonds is 6. The van der Waals surface area contributed by atoms with Crippen LogP contribution in [0.5, 0.6) is 5.75 Å². The first-order valence-electron chi connectivity index (χ1n) is 6.50. The summed E-state index contributed by atoms with van der Waals surface area (Å²) in [6.45, 7) is -0.245. The lowest BCUT2D eigenvalue weighted by atomic mass is 10.2. The number of nitrogens with one attached hydrogen (secondary N) is 1. The number of hydrazone groups is 1. The highest BCUT2D eigenvalue weighted by atomic mass is 79.9. The number of nitro groups is 1. The zero-order valence-electron chi connectivity index (χ0n) is 11.8. The minimum absolute atomic E-state index is 0.0418. The van der Waals surface area contributed by atoms with Gasteiger partial charge in [-0.3, -0.25) is 14.9 Å². The molecular formula is C15H12BrN3O4. The quantitative estimate of drug-likeness (QED) is 0.475. The van der Waals surface area contributed by atoms with Crippen molar-refractivity contribution in [2.45, 2.75) is 0 Å². The molecule has 0 aliphatic carbocycles. The molecule has 0 saturated carbocycles. The molecule has 0 aliphatic heterocycles. The van der Waals surface area contributed by atoms with Crippen LogP contribution < -0.4 is 10.2 Å². The highest BCUT2D eigenvalue weighted by Gasteiger charge is 2.06. The Morgan fingerprint density at radius 2 is 1.96 bits per heavy atom. The zero-order chi connectivity index (χ0) is 16.7. The number of benzene rings is 2. The summed E-state index contributed by atoms with van der Waals surface area (Å²) < 4.78 is 6.07. The van der Waals surface area contributed by atoms with E-state index in [0.717, 1.165) is 10.0 Å². The zero-order valence-corrected chi connectivity index (χ0v) is 13.4. The van der Waals surface area contributed by atoms with Crippen molar-refractivity contribution in [1.82, 2.24) is 5.43 Å². The predicted molar refractivity (Wildman–Crippen MR) is 88.5 cm³/mol. The Morgan fingerprint density at radius 1 is 1.26 bits per heavy atom. The van der Waals surface area contributed by atoms with Crippen LogP contribution >= 0.6 is 15.9 Å². The van der Waals surface area contributed by atoms with Crippen molar-refractivity contribution in [3.8, 4) is 5.75 Å². The molecule has 0 spiro atoms. The highest BCUT2D eigenvalue weighted by molar-refractivity contribution is 9.10. The van der Waals surface area contributed by atoms with Crippen LogP contribution in [0.2, 0.25) is 0 Å². The van der Waals surface area contributed by atoms with Gasteiger partial charge in [0.2, 0.25) is 0 Å². The number of nitro benzene ring substituents is 1. The van der Waals surface area contributed by atoms with Crippen molar-refractivity contribution in [2.24, 2.45) is 5.10 Å². The Morgan fingerprint density at radius 3 is 2.61 bits per heavy atom. The lowest BCUT2D eigenvalue weighted by Gasteiger charge is -2.04. The summed E-state index contributed by atoms with van der Waals surface area (Å²) in [6, 6.07) is 12.9. The van der Waals surface area contributed by atoms with Crippen molar-refractivity contribution >= 4 is 33.7 Å². The second-order valence-corrected chi connectivity index (χ2v) is 5.21. The minimum atomic E-state index is -0.507. The van der Waals surface area contributed by atoms with E-state index in [-0.39, 0.29) is 12.3 Å². The molecule has 118 valence electrons. The summed E-state index contributed by atoms with van der Waals surface area (Å²) in [5.74, 6) is -0.0767. The number of hydrogen-bond donors (Lipinski definition) is 1. The standard InChI is InChI=1S/C15H12BrN3O4/c16-14-4-2-1-3-11(14)9-17-18-15(20)10-23-13-7-5-12(6-8-13)19(21)22/h1-9H,10H2,(H,18,20). The number of carbonyl (C=O) groups excluding carboxylic acids is 1. The number of amides is 1. The Kier molecular flexibility index (Phi) is 5.81. The molecule has 0 radical (unpaired) electrons. The van der Waals surface area contributed by atoms with Gasteiger partial charge in [-0.05, 0) is 18.2 Å². The van der Waals surface area contributed by atoms with E-state index in [9.17, 15) is 14.9 Å². The van der Waals surface area contributed by atoms with Gasteiger partial charge in [-0.15, -0.1) is 0 Å². The van der Waals surface area contributed by atoms with Gasteiger partial charge in [-0.2, -0.15) is 5.10 Å². The molecule has 23 heavy (non-hydrogen) atoms. The molecule has 2 aromatic carbocycles. The van der Waals surface area contributed by atoms with Crippen molar-refractivity contribution in [2.75, 3.05) is 6.61 Å². The number of halogens is 1. The molecule has 0 atom stereocenters. The van der Waals surface area contributed by atoms with Crippen LogP contribution in [0.25, 0.3) is 0 Å². The molecular weight excluding hydrogens is 366 g/mol. The first-order valence-corrected chi connectivity index (χ1v) is 7.29. The lowest BCUT2D eigenvalue weighted by molar-refractivity contribution is -0.384. The molecule has 2 aromatic rings. The van der Waals surface area contributed by atoms with Crippen molar-refractivity contribution in [1.29, 1.82) is 0 Å². The van der Waals surface area contributed by atoms with Gasteiger partial charge in [-0.25, -0.2) is 5.43 Å². The van der Waals surface area contributed by atoms with Gasteiger partial charge >= 0.3 is 0 Å². The van der Waals surface area contributed by atoms with Gasteiger partial charge in [0.15, 0.2) is 6.61 Å². The molecule has 0 heterocycles. The Bertz CT molecular complexity index is 732. The van der Waals surface area contributed by atoms with Gasteiger partial charge in [-0.1, -0.05) is 34.1 Å². The van der Waals surface area contributed by atoms with E-state index in [4.69, 9.17) is 4.74 Å². The first-order chi connectivity index (χ1) is 11.1. The van der Waals surface area contributed by atoms with E-state index in [1.165, 1.54) is 30.5 Å². The summed E-state index contributed by atoms with van der Waals surface area (Å²) in [5, 5.41) is 14.3. The molecule has 0 aromatic heterocycles. The van der Waals surface area contributed by atoms with Gasteiger partial charge in [0.1, 0.15) is 5.75 Å². The summed E-state index contributed by atoms with van der Waals surface area (Å²) in [6.07, 6.45) is 1.51. The van der Waals surface area contributed by atoms with Crippen LogP contribution in [0.15, 0.2) is 58.1 Å². The van der Waals surface area contributed by atoms with Gasteiger partial charge < -0.3 is 4.74 Å². The fourth-order valence-electron chi connectivity index (χ4n) is 1.60. The summed E-state index contributed by atoms with van der Waals surface area (Å²) in [7, 11) is 0. The largest absolute Gasteiger partial charge is 0.484 e. The molecule has 0 saturated heterocycles. The Hall–Kier alpha value is -2.74. The Labute approximate surface area is 140 Å². The maximum Gasteiger partial charge on any atom is 0.277 e. The van der Waals surface area contributed by atoms with Crippen LogP contribution in [0.3, 0.4) is 0 Å². The van der Waals surface area contributed by atoms with E-state index < -0.39 is 10.8 Å². The molecule has 0 aliphatic rings. The molecule has 8 heteroatoms. The molecule has 0 bridgehead atoms. The minimum Gasteiger partial charge on any atom is -0.484 e. The third-order valence-electron chi connectivity index (χ3n) is 2.72. The van der Waals surface area contributed by atoms with Gasteiger partial charge in [0.05, 0.1) is 11.1 Å². The Balaban J connectivity index is 1.81. The lowest BCUT2D eigenvalue weighted by Crippen LogP contribution is -2.24. The number of hydrogen-bond acceptors (Lipinski definition) is 5. The topological polar surface area (TPSA) is 93.8 Å². The average Bonchev–Trinajstić information content (AvgIpc) is 2.55. The fraction of sp³-hybridized carbons (Fsp3) is 0.0667. The fourth-order valence-corrected chi connectivity index (χ4v) is 1.99. The van der Waals surface area contributed by atoms with Gasteiger partial charge in [0.25, 0.3) is 11.6 Å². The van der Waals surface area contributed by atoms with Crippen LogP contribution in [-0.4, -0.2) is 23.7 Å².